The maximum Gasteiger partial charge on any atom is 0.244 e. The molecule has 0 aliphatic rings. The molecule has 10 heteroatoms. The number of carbonyl (C=O) groups is 2. The summed E-state index contributed by atoms with van der Waals surface area (Å²) >= 11 is 1.17. The van der Waals surface area contributed by atoms with Crippen LogP contribution in [0.2, 0.25) is 0 Å². The summed E-state index contributed by atoms with van der Waals surface area (Å²) in [6.07, 6.45) is 0. The standard InChI is InChI=1S/C25H27FN4O4S/c1-16-11-17(2)28-25(27-16)35-15-24(32)30(13-18-7-5-6-8-20(18)26)14-23(31)29-21-10-9-19(33-3)12-22(21)34-4/h5-12H,13-15H2,1-4H3,(H,29,31). The van der Waals surface area contributed by atoms with Crippen LogP contribution in [0.5, 0.6) is 11.5 Å². The van der Waals surface area contributed by atoms with Gasteiger partial charge in [-0.25, -0.2) is 14.4 Å². The fourth-order valence-electron chi connectivity index (χ4n) is 3.31. The van der Waals surface area contributed by atoms with Crippen LogP contribution < -0.4 is 14.8 Å². The Kier molecular flexibility index (Phi) is 9.02. The van der Waals surface area contributed by atoms with Gasteiger partial charge in [-0.3, -0.25) is 9.59 Å². The molecule has 0 atom stereocenters. The fourth-order valence-corrected chi connectivity index (χ4v) is 4.16. The summed E-state index contributed by atoms with van der Waals surface area (Å²) in [5.41, 5.74) is 2.32. The number of benzene rings is 2. The predicted octanol–water partition coefficient (Wildman–Crippen LogP) is 4.01. The van der Waals surface area contributed by atoms with E-state index in [1.54, 1.807) is 36.4 Å². The summed E-state index contributed by atoms with van der Waals surface area (Å²) in [6, 6.07) is 13.0. The van der Waals surface area contributed by atoms with Crippen LogP contribution in [0, 0.1) is 19.7 Å². The number of halogens is 1. The number of methoxy groups -OCH3 is 2. The first-order valence-electron chi connectivity index (χ1n) is 10.8. The Balaban J connectivity index is 1.75. The van der Waals surface area contributed by atoms with E-state index in [0.29, 0.717) is 27.9 Å². The first-order valence-corrected chi connectivity index (χ1v) is 11.8. The van der Waals surface area contributed by atoms with Crippen LogP contribution in [0.4, 0.5) is 10.1 Å². The normalized spacial score (nSPS) is 10.5. The maximum atomic E-state index is 14.3. The van der Waals surface area contributed by atoms with Gasteiger partial charge in [0.1, 0.15) is 23.9 Å². The molecular formula is C25H27FN4O4S. The first-order chi connectivity index (χ1) is 16.8. The lowest BCUT2D eigenvalue weighted by atomic mass is 10.2. The summed E-state index contributed by atoms with van der Waals surface area (Å²) in [6.45, 7) is 3.36. The van der Waals surface area contributed by atoms with Crippen LogP contribution in [-0.2, 0) is 16.1 Å². The van der Waals surface area contributed by atoms with Gasteiger partial charge < -0.3 is 19.7 Å². The predicted molar refractivity (Wildman–Crippen MR) is 132 cm³/mol. The number of anilines is 1. The van der Waals surface area contributed by atoms with Crippen LogP contribution in [-0.4, -0.2) is 53.2 Å². The number of aryl methyl sites for hydroxylation is 2. The molecule has 184 valence electrons. The third kappa shape index (κ3) is 7.41. The second-order valence-electron chi connectivity index (χ2n) is 7.68. The average Bonchev–Trinajstić information content (AvgIpc) is 2.83. The van der Waals surface area contributed by atoms with Crippen molar-refractivity contribution in [2.45, 2.75) is 25.5 Å². The quantitative estimate of drug-likeness (QED) is 0.333. The molecule has 35 heavy (non-hydrogen) atoms. The van der Waals surface area contributed by atoms with Crippen molar-refractivity contribution in [3.8, 4) is 11.5 Å². The molecule has 3 rings (SSSR count). The number of carbonyl (C=O) groups excluding carboxylic acids is 2. The van der Waals surface area contributed by atoms with Gasteiger partial charge in [-0.1, -0.05) is 30.0 Å². The van der Waals surface area contributed by atoms with E-state index < -0.39 is 11.7 Å². The SMILES string of the molecule is COc1ccc(NC(=O)CN(Cc2ccccc2F)C(=O)CSc2nc(C)cc(C)n2)c(OC)c1. The van der Waals surface area contributed by atoms with Crippen molar-refractivity contribution in [1.82, 2.24) is 14.9 Å². The molecule has 1 N–H and O–H groups in total. The van der Waals surface area contributed by atoms with Crippen LogP contribution in [0.15, 0.2) is 53.7 Å². The molecular weight excluding hydrogens is 471 g/mol. The molecule has 0 aliphatic carbocycles. The lowest BCUT2D eigenvalue weighted by Gasteiger charge is -2.23. The number of rotatable bonds is 10. The summed E-state index contributed by atoms with van der Waals surface area (Å²) in [5.74, 6) is -0.276. The van der Waals surface area contributed by atoms with Gasteiger partial charge in [0, 0.05) is 29.6 Å². The van der Waals surface area contributed by atoms with Crippen molar-refractivity contribution in [3.05, 3.63) is 71.3 Å². The molecule has 3 aromatic rings. The van der Waals surface area contributed by atoms with Crippen LogP contribution in [0.25, 0.3) is 0 Å². The molecule has 0 fully saturated rings. The van der Waals surface area contributed by atoms with E-state index in [2.05, 4.69) is 15.3 Å². The highest BCUT2D eigenvalue weighted by Gasteiger charge is 2.21. The molecule has 0 bridgehead atoms. The Morgan fingerprint density at radius 2 is 1.74 bits per heavy atom. The van der Waals surface area contributed by atoms with Gasteiger partial charge in [0.2, 0.25) is 11.8 Å². The van der Waals surface area contributed by atoms with Crippen LogP contribution in [0.1, 0.15) is 17.0 Å². The number of aromatic nitrogens is 2. The van der Waals surface area contributed by atoms with E-state index >= 15 is 0 Å². The Bertz CT molecular complexity index is 1190. The van der Waals surface area contributed by atoms with Gasteiger partial charge in [0.15, 0.2) is 5.16 Å². The monoisotopic (exact) mass is 498 g/mol. The van der Waals surface area contributed by atoms with E-state index in [-0.39, 0.29) is 24.7 Å². The summed E-state index contributed by atoms with van der Waals surface area (Å²) in [5, 5.41) is 3.22. The molecule has 0 saturated carbocycles. The van der Waals surface area contributed by atoms with Crippen molar-refractivity contribution in [2.24, 2.45) is 0 Å². The highest BCUT2D eigenvalue weighted by molar-refractivity contribution is 7.99. The third-order valence-electron chi connectivity index (χ3n) is 4.98. The van der Waals surface area contributed by atoms with Gasteiger partial charge in [0.05, 0.1) is 25.7 Å². The first kappa shape index (κ1) is 26.0. The summed E-state index contributed by atoms with van der Waals surface area (Å²) < 4.78 is 24.8. The van der Waals surface area contributed by atoms with E-state index in [4.69, 9.17) is 9.47 Å². The summed E-state index contributed by atoms with van der Waals surface area (Å²) in [4.78, 5) is 35.9. The van der Waals surface area contributed by atoms with E-state index in [1.807, 2.05) is 19.9 Å². The topological polar surface area (TPSA) is 93.7 Å². The molecule has 2 aromatic carbocycles. The lowest BCUT2D eigenvalue weighted by Crippen LogP contribution is -2.38. The molecule has 0 aliphatic heterocycles. The number of thioether (sulfide) groups is 1. The molecule has 0 unspecified atom stereocenters. The number of hydrogen-bond donors (Lipinski definition) is 1. The second kappa shape index (κ2) is 12.2. The number of amides is 2. The van der Waals surface area contributed by atoms with Gasteiger partial charge in [-0.15, -0.1) is 0 Å². The van der Waals surface area contributed by atoms with Crippen LogP contribution >= 0.6 is 11.8 Å². The zero-order valence-electron chi connectivity index (χ0n) is 20.0. The number of ether oxygens (including phenoxy) is 2. The highest BCUT2D eigenvalue weighted by Crippen LogP contribution is 2.29. The molecule has 0 saturated heterocycles. The lowest BCUT2D eigenvalue weighted by molar-refractivity contribution is -0.133. The van der Waals surface area contributed by atoms with Crippen molar-refractivity contribution in [1.29, 1.82) is 0 Å². The van der Waals surface area contributed by atoms with Crippen LogP contribution in [0.3, 0.4) is 0 Å². The van der Waals surface area contributed by atoms with Crippen molar-refractivity contribution in [2.75, 3.05) is 31.8 Å². The minimum Gasteiger partial charge on any atom is -0.497 e. The Morgan fingerprint density at radius 1 is 1.03 bits per heavy atom. The molecule has 1 heterocycles. The second-order valence-corrected chi connectivity index (χ2v) is 8.62. The molecule has 1 aromatic heterocycles. The number of nitrogens with zero attached hydrogens (tertiary/aromatic N) is 3. The zero-order valence-corrected chi connectivity index (χ0v) is 20.8. The van der Waals surface area contributed by atoms with Gasteiger partial charge in [-0.05, 0) is 38.1 Å². The van der Waals surface area contributed by atoms with Crippen molar-refractivity contribution < 1.29 is 23.5 Å². The molecule has 0 spiro atoms. The maximum absolute atomic E-state index is 14.3. The number of hydrogen-bond acceptors (Lipinski definition) is 7. The van der Waals surface area contributed by atoms with Gasteiger partial charge >= 0.3 is 0 Å². The smallest absolute Gasteiger partial charge is 0.244 e. The average molecular weight is 499 g/mol. The summed E-state index contributed by atoms with van der Waals surface area (Å²) in [7, 11) is 3.01. The zero-order chi connectivity index (χ0) is 25.4. The Hall–Kier alpha value is -3.66. The highest BCUT2D eigenvalue weighted by atomic mass is 32.2. The van der Waals surface area contributed by atoms with E-state index in [9.17, 15) is 14.0 Å². The Labute approximate surface area is 207 Å². The van der Waals surface area contributed by atoms with Crippen molar-refractivity contribution in [3.63, 3.8) is 0 Å². The van der Waals surface area contributed by atoms with Crippen molar-refractivity contribution >= 4 is 29.3 Å². The number of nitrogens with one attached hydrogen (secondary N) is 1. The fraction of sp³-hybridized carbons (Fsp3) is 0.280. The largest absolute Gasteiger partial charge is 0.497 e. The Morgan fingerprint density at radius 3 is 2.40 bits per heavy atom. The molecule has 0 radical (unpaired) electrons. The molecule has 8 nitrogen and oxygen atoms in total. The minimum atomic E-state index is -0.453. The van der Waals surface area contributed by atoms with E-state index in [0.717, 1.165) is 11.4 Å². The molecule has 2 amide bonds. The third-order valence-corrected chi connectivity index (χ3v) is 5.81. The van der Waals surface area contributed by atoms with E-state index in [1.165, 1.54) is 36.9 Å². The van der Waals surface area contributed by atoms with Gasteiger partial charge in [0.25, 0.3) is 0 Å². The minimum absolute atomic E-state index is 0.00349. The van der Waals surface area contributed by atoms with Gasteiger partial charge in [-0.2, -0.15) is 0 Å².